The van der Waals surface area contributed by atoms with E-state index < -0.39 is 0 Å². The van der Waals surface area contributed by atoms with Gasteiger partial charge < -0.3 is 15.6 Å². The van der Waals surface area contributed by atoms with Crippen LogP contribution in [-0.2, 0) is 11.2 Å². The highest BCUT2D eigenvalue weighted by atomic mass is 16.5. The van der Waals surface area contributed by atoms with E-state index in [2.05, 4.69) is 20.0 Å². The van der Waals surface area contributed by atoms with Gasteiger partial charge in [0.1, 0.15) is 0 Å². The Balaban J connectivity index is 2.06. The van der Waals surface area contributed by atoms with E-state index in [1.807, 2.05) is 0 Å². The summed E-state index contributed by atoms with van der Waals surface area (Å²) in [6.07, 6.45) is 3.05. The van der Waals surface area contributed by atoms with Crippen molar-refractivity contribution < 1.29 is 9.32 Å². The second-order valence-electron chi connectivity index (χ2n) is 2.84. The molecular formula is C8H14N4O2. The van der Waals surface area contributed by atoms with Crippen LogP contribution < -0.4 is 11.1 Å². The summed E-state index contributed by atoms with van der Waals surface area (Å²) in [6, 6.07) is 0. The molecule has 1 aromatic heterocycles. The van der Waals surface area contributed by atoms with Crippen LogP contribution in [0, 0.1) is 0 Å². The second kappa shape index (κ2) is 6.09. The molecule has 0 aromatic carbocycles. The fourth-order valence-electron chi connectivity index (χ4n) is 0.967. The molecule has 0 atom stereocenters. The molecule has 0 radical (unpaired) electrons. The summed E-state index contributed by atoms with van der Waals surface area (Å²) in [5.41, 5.74) is 5.27. The minimum atomic E-state index is 0.0129. The van der Waals surface area contributed by atoms with Crippen LogP contribution in [0.4, 0.5) is 0 Å². The Morgan fingerprint density at radius 3 is 3.14 bits per heavy atom. The Kier molecular flexibility index (Phi) is 4.63. The van der Waals surface area contributed by atoms with E-state index in [0.717, 1.165) is 0 Å². The maximum absolute atomic E-state index is 11.1. The number of carbonyl (C=O) groups excluding carboxylic acids is 1. The van der Waals surface area contributed by atoms with Gasteiger partial charge in [-0.3, -0.25) is 4.79 Å². The van der Waals surface area contributed by atoms with Crippen LogP contribution in [0.2, 0.25) is 0 Å². The summed E-state index contributed by atoms with van der Waals surface area (Å²) in [5, 5.41) is 6.36. The number of carbonyl (C=O) groups is 1. The quantitative estimate of drug-likeness (QED) is 0.640. The Hall–Kier alpha value is -1.43. The monoisotopic (exact) mass is 198 g/mol. The third-order valence-corrected chi connectivity index (χ3v) is 1.69. The summed E-state index contributed by atoms with van der Waals surface area (Å²) in [4.78, 5) is 14.9. The van der Waals surface area contributed by atoms with Gasteiger partial charge in [-0.05, 0) is 13.0 Å². The van der Waals surface area contributed by atoms with Gasteiger partial charge in [-0.25, -0.2) is 0 Å². The first-order valence-corrected chi connectivity index (χ1v) is 4.55. The number of hydrogen-bond acceptors (Lipinski definition) is 5. The van der Waals surface area contributed by atoms with E-state index in [1.54, 1.807) is 0 Å². The Bertz CT molecular complexity index is 260. The van der Waals surface area contributed by atoms with Crippen molar-refractivity contribution in [1.29, 1.82) is 0 Å². The van der Waals surface area contributed by atoms with E-state index in [4.69, 9.17) is 5.73 Å². The number of nitrogens with one attached hydrogen (secondary N) is 1. The van der Waals surface area contributed by atoms with E-state index in [1.165, 1.54) is 6.39 Å². The molecule has 1 rings (SSSR count). The first kappa shape index (κ1) is 10.6. The molecule has 0 saturated carbocycles. The second-order valence-corrected chi connectivity index (χ2v) is 2.84. The van der Waals surface area contributed by atoms with Crippen LogP contribution in [0.25, 0.3) is 0 Å². The third-order valence-electron chi connectivity index (χ3n) is 1.69. The molecule has 6 heteroatoms. The van der Waals surface area contributed by atoms with E-state index in [0.29, 0.717) is 38.2 Å². The number of amides is 1. The van der Waals surface area contributed by atoms with E-state index >= 15 is 0 Å². The van der Waals surface area contributed by atoms with Gasteiger partial charge in [0.15, 0.2) is 5.82 Å². The van der Waals surface area contributed by atoms with Crippen LogP contribution >= 0.6 is 0 Å². The lowest BCUT2D eigenvalue weighted by Gasteiger charge is -2.01. The average Bonchev–Trinajstić information content (AvgIpc) is 2.67. The van der Waals surface area contributed by atoms with Gasteiger partial charge in [0.2, 0.25) is 12.3 Å². The van der Waals surface area contributed by atoms with Crippen molar-refractivity contribution in [2.75, 3.05) is 13.1 Å². The van der Waals surface area contributed by atoms with Gasteiger partial charge in [0.05, 0.1) is 0 Å². The molecule has 0 spiro atoms. The minimum Gasteiger partial charge on any atom is -0.356 e. The molecule has 1 heterocycles. The number of rotatable bonds is 6. The molecule has 0 aliphatic heterocycles. The average molecular weight is 198 g/mol. The van der Waals surface area contributed by atoms with Gasteiger partial charge in [-0.1, -0.05) is 5.16 Å². The predicted octanol–water partition coefficient (Wildman–Crippen LogP) is -0.533. The molecule has 14 heavy (non-hydrogen) atoms. The highest BCUT2D eigenvalue weighted by molar-refractivity contribution is 5.75. The topological polar surface area (TPSA) is 94.0 Å². The molecule has 0 fully saturated rings. The van der Waals surface area contributed by atoms with E-state index in [-0.39, 0.29) is 5.91 Å². The highest BCUT2D eigenvalue weighted by Gasteiger charge is 2.01. The molecular weight excluding hydrogens is 184 g/mol. The van der Waals surface area contributed by atoms with Gasteiger partial charge in [-0.15, -0.1) is 0 Å². The highest BCUT2D eigenvalue weighted by Crippen LogP contribution is 1.89. The van der Waals surface area contributed by atoms with Crippen molar-refractivity contribution in [2.24, 2.45) is 5.73 Å². The van der Waals surface area contributed by atoms with Crippen LogP contribution in [0.1, 0.15) is 18.7 Å². The fraction of sp³-hybridized carbons (Fsp3) is 0.625. The zero-order valence-corrected chi connectivity index (χ0v) is 7.90. The summed E-state index contributed by atoms with van der Waals surface area (Å²) in [7, 11) is 0. The first-order valence-electron chi connectivity index (χ1n) is 4.55. The number of nitrogens with two attached hydrogens (primary N) is 1. The summed E-state index contributed by atoms with van der Waals surface area (Å²) >= 11 is 0. The summed E-state index contributed by atoms with van der Waals surface area (Å²) in [5.74, 6) is 0.614. The van der Waals surface area contributed by atoms with Crippen LogP contribution in [0.3, 0.4) is 0 Å². The molecule has 1 amide bonds. The zero-order valence-electron chi connectivity index (χ0n) is 7.90. The molecule has 3 N–H and O–H groups in total. The van der Waals surface area contributed by atoms with Crippen molar-refractivity contribution >= 4 is 5.91 Å². The normalized spacial score (nSPS) is 10.1. The van der Waals surface area contributed by atoms with Gasteiger partial charge in [0, 0.05) is 19.4 Å². The standard InChI is InChI=1S/C8H14N4O2/c9-4-1-2-8(13)10-5-3-7-11-6-14-12-7/h6H,1-5,9H2,(H,10,13). The van der Waals surface area contributed by atoms with Gasteiger partial charge in [0.25, 0.3) is 0 Å². The lowest BCUT2D eigenvalue weighted by Crippen LogP contribution is -2.26. The molecule has 0 saturated heterocycles. The Morgan fingerprint density at radius 1 is 1.64 bits per heavy atom. The lowest BCUT2D eigenvalue weighted by atomic mass is 10.3. The Morgan fingerprint density at radius 2 is 2.50 bits per heavy atom. The molecule has 0 aliphatic rings. The number of aromatic nitrogens is 2. The molecule has 1 aromatic rings. The molecule has 0 unspecified atom stereocenters. The van der Waals surface area contributed by atoms with Crippen molar-refractivity contribution in [3.05, 3.63) is 12.2 Å². The zero-order chi connectivity index (χ0) is 10.2. The molecule has 78 valence electrons. The lowest BCUT2D eigenvalue weighted by molar-refractivity contribution is -0.121. The smallest absolute Gasteiger partial charge is 0.220 e. The SMILES string of the molecule is NCCCC(=O)NCCc1ncon1. The minimum absolute atomic E-state index is 0.0129. The predicted molar refractivity (Wildman–Crippen MR) is 49.3 cm³/mol. The maximum Gasteiger partial charge on any atom is 0.220 e. The van der Waals surface area contributed by atoms with Crippen LogP contribution in [0.15, 0.2) is 10.9 Å². The van der Waals surface area contributed by atoms with Gasteiger partial charge >= 0.3 is 0 Å². The maximum atomic E-state index is 11.1. The molecule has 0 bridgehead atoms. The van der Waals surface area contributed by atoms with Crippen molar-refractivity contribution in [3.8, 4) is 0 Å². The molecule has 6 nitrogen and oxygen atoms in total. The van der Waals surface area contributed by atoms with Crippen molar-refractivity contribution in [3.63, 3.8) is 0 Å². The van der Waals surface area contributed by atoms with Crippen LogP contribution in [-0.4, -0.2) is 29.1 Å². The largest absolute Gasteiger partial charge is 0.356 e. The Labute approximate surface area is 81.9 Å². The van der Waals surface area contributed by atoms with E-state index in [9.17, 15) is 4.79 Å². The summed E-state index contributed by atoms with van der Waals surface area (Å²) < 4.78 is 4.55. The number of nitrogens with zero attached hydrogens (tertiary/aromatic N) is 2. The third kappa shape index (κ3) is 3.99. The van der Waals surface area contributed by atoms with Crippen LogP contribution in [0.5, 0.6) is 0 Å². The molecule has 0 aliphatic carbocycles. The fourth-order valence-corrected chi connectivity index (χ4v) is 0.967. The first-order chi connectivity index (χ1) is 6.83. The van der Waals surface area contributed by atoms with Crippen molar-refractivity contribution in [1.82, 2.24) is 15.5 Å². The van der Waals surface area contributed by atoms with Crippen molar-refractivity contribution in [2.45, 2.75) is 19.3 Å². The van der Waals surface area contributed by atoms with Gasteiger partial charge in [-0.2, -0.15) is 4.98 Å². The number of hydrogen-bond donors (Lipinski definition) is 2. The summed E-state index contributed by atoms with van der Waals surface area (Å²) in [6.45, 7) is 1.07.